The van der Waals surface area contributed by atoms with Gasteiger partial charge in [0.15, 0.2) is 0 Å². The third kappa shape index (κ3) is 2.94. The van der Waals surface area contributed by atoms with Crippen molar-refractivity contribution in [3.8, 4) is 5.75 Å². The van der Waals surface area contributed by atoms with Gasteiger partial charge in [0.2, 0.25) is 0 Å². The molecule has 2 aliphatic rings. The first-order valence-electron chi connectivity index (χ1n) is 7.77. The minimum Gasteiger partial charge on any atom is -0.497 e. The van der Waals surface area contributed by atoms with E-state index in [1.807, 2.05) is 0 Å². The van der Waals surface area contributed by atoms with E-state index in [4.69, 9.17) is 4.74 Å². The number of hydrogen-bond acceptors (Lipinski definition) is 2. The van der Waals surface area contributed by atoms with Crippen LogP contribution in [0.25, 0.3) is 0 Å². The van der Waals surface area contributed by atoms with Gasteiger partial charge in [-0.1, -0.05) is 25.3 Å². The Bertz CT molecular complexity index is 423. The van der Waals surface area contributed by atoms with Gasteiger partial charge in [0.25, 0.3) is 0 Å². The molecule has 0 radical (unpaired) electrons. The summed E-state index contributed by atoms with van der Waals surface area (Å²) in [7, 11) is 1.75. The third-order valence-corrected chi connectivity index (χ3v) is 4.81. The predicted molar refractivity (Wildman–Crippen MR) is 78.6 cm³/mol. The third-order valence-electron chi connectivity index (χ3n) is 4.81. The average molecular weight is 259 g/mol. The van der Waals surface area contributed by atoms with Crippen LogP contribution in [0.5, 0.6) is 5.75 Å². The van der Waals surface area contributed by atoms with E-state index in [2.05, 4.69) is 23.5 Å². The van der Waals surface area contributed by atoms with Crippen molar-refractivity contribution in [2.45, 2.75) is 51.0 Å². The van der Waals surface area contributed by atoms with E-state index in [9.17, 15) is 0 Å². The lowest BCUT2D eigenvalue weighted by Gasteiger charge is -2.24. The quantitative estimate of drug-likeness (QED) is 0.886. The molecule has 104 valence electrons. The van der Waals surface area contributed by atoms with E-state index < -0.39 is 0 Å². The van der Waals surface area contributed by atoms with Crippen molar-refractivity contribution in [3.63, 3.8) is 0 Å². The Morgan fingerprint density at radius 1 is 1.16 bits per heavy atom. The molecule has 1 unspecified atom stereocenters. The van der Waals surface area contributed by atoms with Crippen LogP contribution in [-0.4, -0.2) is 13.7 Å². The molecule has 2 heteroatoms. The number of benzene rings is 1. The van der Waals surface area contributed by atoms with Gasteiger partial charge in [0.05, 0.1) is 7.11 Å². The van der Waals surface area contributed by atoms with Crippen LogP contribution in [0.4, 0.5) is 0 Å². The highest BCUT2D eigenvalue weighted by molar-refractivity contribution is 5.40. The Balaban J connectivity index is 1.61. The standard InChI is InChI=1S/C17H25NO/c1-19-15-9-7-14-8-10-17(16(14)11-15)18-12-13-5-3-2-4-6-13/h7,9,11,13,17-18H,2-6,8,10,12H2,1H3. The van der Waals surface area contributed by atoms with E-state index in [1.165, 1.54) is 62.6 Å². The summed E-state index contributed by atoms with van der Waals surface area (Å²) in [5.41, 5.74) is 2.97. The molecule has 0 heterocycles. The van der Waals surface area contributed by atoms with Crippen molar-refractivity contribution < 1.29 is 4.74 Å². The zero-order valence-electron chi connectivity index (χ0n) is 12.0. The number of fused-ring (bicyclic) bond motifs is 1. The molecule has 0 aliphatic heterocycles. The Kier molecular flexibility index (Phi) is 4.07. The molecule has 0 spiro atoms. The van der Waals surface area contributed by atoms with E-state index >= 15 is 0 Å². The fraction of sp³-hybridized carbons (Fsp3) is 0.647. The highest BCUT2D eigenvalue weighted by Crippen LogP contribution is 2.34. The summed E-state index contributed by atoms with van der Waals surface area (Å²) in [6.07, 6.45) is 9.61. The molecular weight excluding hydrogens is 234 g/mol. The van der Waals surface area contributed by atoms with E-state index in [1.54, 1.807) is 7.11 Å². The largest absolute Gasteiger partial charge is 0.497 e. The molecule has 19 heavy (non-hydrogen) atoms. The maximum atomic E-state index is 5.35. The van der Waals surface area contributed by atoms with Gasteiger partial charge in [-0.05, 0) is 61.4 Å². The molecule has 0 bridgehead atoms. The minimum absolute atomic E-state index is 0.548. The summed E-state index contributed by atoms with van der Waals surface area (Å²) in [5.74, 6) is 1.90. The van der Waals surface area contributed by atoms with Crippen molar-refractivity contribution in [2.75, 3.05) is 13.7 Å². The lowest BCUT2D eigenvalue weighted by Crippen LogP contribution is -2.27. The fourth-order valence-electron chi connectivity index (χ4n) is 3.62. The van der Waals surface area contributed by atoms with Crippen LogP contribution < -0.4 is 10.1 Å². The van der Waals surface area contributed by atoms with Gasteiger partial charge in [-0.25, -0.2) is 0 Å². The van der Waals surface area contributed by atoms with E-state index in [0.717, 1.165) is 11.7 Å². The van der Waals surface area contributed by atoms with Crippen molar-refractivity contribution in [3.05, 3.63) is 29.3 Å². The average Bonchev–Trinajstić information content (AvgIpc) is 2.88. The fourth-order valence-corrected chi connectivity index (χ4v) is 3.62. The topological polar surface area (TPSA) is 21.3 Å². The number of rotatable bonds is 4. The molecule has 0 amide bonds. The molecule has 0 saturated heterocycles. The van der Waals surface area contributed by atoms with Crippen molar-refractivity contribution in [2.24, 2.45) is 5.92 Å². The number of methoxy groups -OCH3 is 1. The molecular formula is C17H25NO. The number of aryl methyl sites for hydroxylation is 1. The molecule has 1 aromatic rings. The summed E-state index contributed by atoms with van der Waals surface area (Å²) in [6, 6.07) is 7.09. The lowest BCUT2D eigenvalue weighted by atomic mass is 9.89. The summed E-state index contributed by atoms with van der Waals surface area (Å²) in [5, 5.41) is 3.80. The van der Waals surface area contributed by atoms with E-state index in [0.29, 0.717) is 6.04 Å². The summed E-state index contributed by atoms with van der Waals surface area (Å²) >= 11 is 0. The lowest BCUT2D eigenvalue weighted by molar-refractivity contribution is 0.327. The molecule has 1 aromatic carbocycles. The zero-order chi connectivity index (χ0) is 13.1. The molecule has 0 aromatic heterocycles. The first-order chi connectivity index (χ1) is 9.36. The maximum absolute atomic E-state index is 5.35. The van der Waals surface area contributed by atoms with Crippen molar-refractivity contribution in [1.29, 1.82) is 0 Å². The van der Waals surface area contributed by atoms with Crippen molar-refractivity contribution in [1.82, 2.24) is 5.32 Å². The van der Waals surface area contributed by atoms with Gasteiger partial charge < -0.3 is 10.1 Å². The summed E-state index contributed by atoms with van der Waals surface area (Å²) in [6.45, 7) is 1.20. The van der Waals surface area contributed by atoms with Gasteiger partial charge in [-0.3, -0.25) is 0 Å². The summed E-state index contributed by atoms with van der Waals surface area (Å²) < 4.78 is 5.35. The molecule has 1 fully saturated rings. The molecule has 1 saturated carbocycles. The van der Waals surface area contributed by atoms with Crippen LogP contribution in [0.2, 0.25) is 0 Å². The molecule has 2 aliphatic carbocycles. The second-order valence-corrected chi connectivity index (χ2v) is 6.07. The van der Waals surface area contributed by atoms with Crippen molar-refractivity contribution >= 4 is 0 Å². The van der Waals surface area contributed by atoms with Gasteiger partial charge in [0.1, 0.15) is 5.75 Å². The first-order valence-corrected chi connectivity index (χ1v) is 7.77. The Morgan fingerprint density at radius 3 is 2.79 bits per heavy atom. The van der Waals surface area contributed by atoms with Gasteiger partial charge >= 0.3 is 0 Å². The Labute approximate surface area is 116 Å². The van der Waals surface area contributed by atoms with Crippen LogP contribution in [-0.2, 0) is 6.42 Å². The van der Waals surface area contributed by atoms with Gasteiger partial charge in [-0.2, -0.15) is 0 Å². The smallest absolute Gasteiger partial charge is 0.119 e. The number of nitrogens with one attached hydrogen (secondary N) is 1. The van der Waals surface area contributed by atoms with Gasteiger partial charge in [0, 0.05) is 6.04 Å². The number of hydrogen-bond donors (Lipinski definition) is 1. The highest BCUT2D eigenvalue weighted by Gasteiger charge is 2.23. The SMILES string of the molecule is COc1ccc2c(c1)C(NCC1CCCCC1)CC2. The second-order valence-electron chi connectivity index (χ2n) is 6.07. The first kappa shape index (κ1) is 13.0. The Hall–Kier alpha value is -1.02. The monoisotopic (exact) mass is 259 g/mol. The van der Waals surface area contributed by atoms with Crippen LogP contribution in [0, 0.1) is 5.92 Å². The minimum atomic E-state index is 0.548. The predicted octanol–water partition coefficient (Wildman–Crippen LogP) is 3.85. The van der Waals surface area contributed by atoms with Crippen LogP contribution in [0.3, 0.4) is 0 Å². The zero-order valence-corrected chi connectivity index (χ0v) is 12.0. The number of ether oxygens (including phenoxy) is 1. The van der Waals surface area contributed by atoms with Crippen LogP contribution >= 0.6 is 0 Å². The molecule has 2 nitrogen and oxygen atoms in total. The summed E-state index contributed by atoms with van der Waals surface area (Å²) in [4.78, 5) is 0. The molecule has 1 atom stereocenters. The van der Waals surface area contributed by atoms with E-state index in [-0.39, 0.29) is 0 Å². The second kappa shape index (κ2) is 5.96. The van der Waals surface area contributed by atoms with Crippen LogP contribution in [0.1, 0.15) is 55.7 Å². The highest BCUT2D eigenvalue weighted by atomic mass is 16.5. The Morgan fingerprint density at radius 2 is 2.00 bits per heavy atom. The van der Waals surface area contributed by atoms with Gasteiger partial charge in [-0.15, -0.1) is 0 Å². The normalized spacial score (nSPS) is 23.3. The maximum Gasteiger partial charge on any atom is 0.119 e. The van der Waals surface area contributed by atoms with Crippen LogP contribution in [0.15, 0.2) is 18.2 Å². The molecule has 1 N–H and O–H groups in total. The molecule has 3 rings (SSSR count).